The third-order valence-corrected chi connectivity index (χ3v) is 9.02. The highest BCUT2D eigenvalue weighted by Crippen LogP contribution is 2.50. The topological polar surface area (TPSA) is 113 Å². The van der Waals surface area contributed by atoms with Crippen LogP contribution in [0.5, 0.6) is 5.88 Å². The monoisotopic (exact) mass is 596 g/mol. The first kappa shape index (κ1) is 29.3. The zero-order chi connectivity index (χ0) is 30.0. The van der Waals surface area contributed by atoms with E-state index in [9.17, 15) is 18.4 Å². The van der Waals surface area contributed by atoms with Gasteiger partial charge in [0.25, 0.3) is 0 Å². The lowest BCUT2D eigenvalue weighted by Gasteiger charge is -2.52. The number of likely N-dealkylation sites (tertiary alicyclic amines) is 1. The van der Waals surface area contributed by atoms with Crippen molar-refractivity contribution in [2.24, 2.45) is 21.3 Å². The third kappa shape index (κ3) is 6.45. The van der Waals surface area contributed by atoms with Crippen molar-refractivity contribution in [3.63, 3.8) is 0 Å². The van der Waals surface area contributed by atoms with E-state index >= 15 is 0 Å². The summed E-state index contributed by atoms with van der Waals surface area (Å²) in [5, 5.41) is 17.3. The van der Waals surface area contributed by atoms with Gasteiger partial charge in [0.1, 0.15) is 24.0 Å². The number of aliphatic imine (C=N–C) groups is 2. The number of nitrogens with one attached hydrogen (secondary N) is 1. The maximum Gasteiger partial charge on any atom is 0.433 e. The van der Waals surface area contributed by atoms with Crippen LogP contribution in [-0.4, -0.2) is 64.2 Å². The Morgan fingerprint density at radius 1 is 1.21 bits per heavy atom. The Balaban J connectivity index is 0.999. The highest BCUT2D eigenvalue weighted by Gasteiger charge is 2.46. The van der Waals surface area contributed by atoms with E-state index in [1.807, 2.05) is 17.1 Å². The second-order valence-electron chi connectivity index (χ2n) is 11.9. The van der Waals surface area contributed by atoms with Crippen LogP contribution in [0.25, 0.3) is 0 Å². The Labute approximate surface area is 248 Å². The molecular weight excluding hydrogens is 561 g/mol. The molecule has 2 atom stereocenters. The summed E-state index contributed by atoms with van der Waals surface area (Å²) in [7, 11) is 1.44. The van der Waals surface area contributed by atoms with Gasteiger partial charge >= 0.3 is 6.18 Å². The van der Waals surface area contributed by atoms with Crippen LogP contribution in [0.15, 0.2) is 46.8 Å². The number of hydrogen-bond donors (Lipinski definition) is 1. The maximum absolute atomic E-state index is 13.3. The van der Waals surface area contributed by atoms with Crippen molar-refractivity contribution in [3.05, 3.63) is 53.6 Å². The number of pyridine rings is 1. The maximum atomic E-state index is 13.3. The summed E-state index contributed by atoms with van der Waals surface area (Å²) in [5.41, 5.74) is 0.405. The number of amidine groups is 1. The Hall–Kier alpha value is -3.76. The molecule has 0 aromatic carbocycles. The molecule has 43 heavy (non-hydrogen) atoms. The number of nitriles is 1. The second kappa shape index (κ2) is 12.1. The van der Waals surface area contributed by atoms with Gasteiger partial charge in [-0.15, -0.1) is 0 Å². The number of methoxy groups -OCH3 is 1. The molecule has 1 N–H and O–H groups in total. The molecule has 1 saturated heterocycles. The molecule has 5 heterocycles. The number of alkyl halides is 3. The number of piperidine rings is 1. The Bertz CT molecular complexity index is 1430. The normalized spacial score (nSPS) is 27.2. The van der Waals surface area contributed by atoms with E-state index in [4.69, 9.17) is 9.47 Å². The largest absolute Gasteiger partial charge is 0.474 e. The number of fused-ring (bicyclic) bond motifs is 1. The molecular formula is C30H35F3N8O2. The molecule has 2 aromatic heterocycles. The predicted octanol–water partition coefficient (Wildman–Crippen LogP) is 4.65. The van der Waals surface area contributed by atoms with Crippen molar-refractivity contribution in [2.75, 3.05) is 20.2 Å². The standard InChI is InChI=1S/C30H35F3N8O2/c1-42-18-20-12-25(30(31,32)33)39-26(13-20)43-23-3-9-40(10-4-23)22-14-29(15-22,5-7-34)6-11-41-17-21(16-38-41)27-24-2-8-35-28(24)37-19-36-27/h2,8,12-13,16-17,19,22-24,27H,3-6,9-11,14-15,18H2,1H3,(H,35,36,37). The Morgan fingerprint density at radius 2 is 2.02 bits per heavy atom. The third-order valence-electron chi connectivity index (χ3n) is 9.02. The van der Waals surface area contributed by atoms with Crippen molar-refractivity contribution in [1.82, 2.24) is 25.0 Å². The number of rotatable bonds is 10. The minimum atomic E-state index is -4.56. The Kier molecular flexibility index (Phi) is 8.24. The molecule has 0 bridgehead atoms. The van der Waals surface area contributed by atoms with Crippen LogP contribution < -0.4 is 10.1 Å². The SMILES string of the molecule is COCc1cc(OC2CCN(C3CC(CC#N)(CCn4cc(C5N=CN=C6NC=CC65)cn4)C3)CC2)nc(C(F)(F)F)c1. The summed E-state index contributed by atoms with van der Waals surface area (Å²) in [5.74, 6) is 0.989. The first-order valence-electron chi connectivity index (χ1n) is 14.6. The fourth-order valence-corrected chi connectivity index (χ4v) is 6.71. The van der Waals surface area contributed by atoms with Gasteiger partial charge in [0, 0.05) is 57.0 Å². The number of halogens is 3. The van der Waals surface area contributed by atoms with Gasteiger partial charge in [-0.3, -0.25) is 9.67 Å². The van der Waals surface area contributed by atoms with E-state index in [1.165, 1.54) is 13.2 Å². The Morgan fingerprint density at radius 3 is 2.77 bits per heavy atom. The summed E-state index contributed by atoms with van der Waals surface area (Å²) in [6.07, 6.45) is 9.41. The molecule has 2 aromatic rings. The van der Waals surface area contributed by atoms with Crippen LogP contribution in [0.2, 0.25) is 0 Å². The van der Waals surface area contributed by atoms with Crippen LogP contribution in [0.4, 0.5) is 13.2 Å². The minimum absolute atomic E-state index is 0.0148. The molecule has 2 unspecified atom stereocenters. The number of nitrogens with zero attached hydrogens (tertiary/aromatic N) is 7. The molecule has 4 aliphatic rings. The average molecular weight is 597 g/mol. The van der Waals surface area contributed by atoms with Crippen LogP contribution >= 0.6 is 0 Å². The van der Waals surface area contributed by atoms with Crippen LogP contribution in [0.1, 0.15) is 61.4 Å². The molecule has 13 heteroatoms. The van der Waals surface area contributed by atoms with Crippen molar-refractivity contribution in [1.29, 1.82) is 5.26 Å². The summed E-state index contributed by atoms with van der Waals surface area (Å²) >= 11 is 0. The molecule has 3 aliphatic heterocycles. The van der Waals surface area contributed by atoms with Crippen molar-refractivity contribution < 1.29 is 22.6 Å². The van der Waals surface area contributed by atoms with Crippen molar-refractivity contribution in [2.45, 2.75) is 76.0 Å². The van der Waals surface area contributed by atoms with E-state index in [0.717, 1.165) is 56.4 Å². The molecule has 0 amide bonds. The highest BCUT2D eigenvalue weighted by molar-refractivity contribution is 5.96. The highest BCUT2D eigenvalue weighted by atomic mass is 19.4. The molecule has 1 saturated carbocycles. The summed E-state index contributed by atoms with van der Waals surface area (Å²) < 4.78 is 52.9. The van der Waals surface area contributed by atoms with E-state index in [0.29, 0.717) is 30.9 Å². The number of hydrogen-bond acceptors (Lipinski definition) is 9. The quantitative estimate of drug-likeness (QED) is 0.425. The van der Waals surface area contributed by atoms with Gasteiger partial charge in [-0.1, -0.05) is 6.08 Å². The van der Waals surface area contributed by atoms with Crippen molar-refractivity contribution in [3.8, 4) is 11.9 Å². The predicted molar refractivity (Wildman–Crippen MR) is 152 cm³/mol. The lowest BCUT2D eigenvalue weighted by molar-refractivity contribution is -0.141. The van der Waals surface area contributed by atoms with Gasteiger partial charge in [0.05, 0.1) is 30.8 Å². The lowest BCUT2D eigenvalue weighted by atomic mass is 9.61. The molecule has 0 radical (unpaired) electrons. The average Bonchev–Trinajstić information content (AvgIpc) is 3.64. The fourth-order valence-electron chi connectivity index (χ4n) is 6.71. The van der Waals surface area contributed by atoms with E-state index in [1.54, 1.807) is 6.34 Å². The first-order valence-corrected chi connectivity index (χ1v) is 14.6. The second-order valence-corrected chi connectivity index (χ2v) is 11.9. The van der Waals surface area contributed by atoms with E-state index in [2.05, 4.69) is 48.6 Å². The van der Waals surface area contributed by atoms with Gasteiger partial charge in [-0.05, 0) is 55.3 Å². The van der Waals surface area contributed by atoms with Crippen LogP contribution in [-0.2, 0) is 24.1 Å². The molecule has 6 rings (SSSR count). The smallest absolute Gasteiger partial charge is 0.433 e. The number of aromatic nitrogens is 3. The minimum Gasteiger partial charge on any atom is -0.474 e. The molecule has 10 nitrogen and oxygen atoms in total. The van der Waals surface area contributed by atoms with E-state index < -0.39 is 11.9 Å². The van der Waals surface area contributed by atoms with Gasteiger partial charge in [0.2, 0.25) is 5.88 Å². The van der Waals surface area contributed by atoms with E-state index in [-0.39, 0.29) is 36.0 Å². The molecule has 1 aliphatic carbocycles. The van der Waals surface area contributed by atoms with Crippen molar-refractivity contribution >= 4 is 12.2 Å². The molecule has 2 fully saturated rings. The fraction of sp³-hybridized carbons (Fsp3) is 0.567. The summed E-state index contributed by atoms with van der Waals surface area (Å²) in [4.78, 5) is 15.0. The number of aryl methyl sites for hydroxylation is 1. The molecule has 228 valence electrons. The van der Waals surface area contributed by atoms with Gasteiger partial charge in [-0.25, -0.2) is 9.98 Å². The summed E-state index contributed by atoms with van der Waals surface area (Å²) in [6.45, 7) is 2.37. The van der Waals surface area contributed by atoms with Crippen LogP contribution in [0, 0.1) is 22.7 Å². The van der Waals surface area contributed by atoms with Crippen LogP contribution in [0.3, 0.4) is 0 Å². The zero-order valence-electron chi connectivity index (χ0n) is 24.0. The summed E-state index contributed by atoms with van der Waals surface area (Å²) in [6, 6.07) is 5.26. The first-order chi connectivity index (χ1) is 20.7. The molecule has 0 spiro atoms. The van der Waals surface area contributed by atoms with Gasteiger partial charge in [-0.2, -0.15) is 23.5 Å². The van der Waals surface area contributed by atoms with Gasteiger partial charge < -0.3 is 19.7 Å². The number of ether oxygens (including phenoxy) is 2. The zero-order valence-corrected chi connectivity index (χ0v) is 24.0. The lowest BCUT2D eigenvalue weighted by Crippen LogP contribution is -2.54. The van der Waals surface area contributed by atoms with Gasteiger partial charge in [0.15, 0.2) is 0 Å².